The number of benzene rings is 1. The van der Waals surface area contributed by atoms with Crippen molar-refractivity contribution in [1.29, 1.82) is 0 Å². The second-order valence-electron chi connectivity index (χ2n) is 8.04. The smallest absolute Gasteiger partial charge is 0.274 e. The van der Waals surface area contributed by atoms with Crippen LogP contribution in [0, 0.1) is 18.3 Å². The summed E-state index contributed by atoms with van der Waals surface area (Å²) >= 11 is 0. The molecule has 146 valence electrons. The first kappa shape index (κ1) is 18.6. The maximum Gasteiger partial charge on any atom is 0.274 e. The Bertz CT molecular complexity index is 862. The predicted octanol–water partition coefficient (Wildman–Crippen LogP) is 1.22. The van der Waals surface area contributed by atoms with Crippen LogP contribution in [0.25, 0.3) is 0 Å². The average Bonchev–Trinajstić information content (AvgIpc) is 3.02. The van der Waals surface area contributed by atoms with Crippen LogP contribution in [0.5, 0.6) is 0 Å². The Balaban J connectivity index is 1.38. The molecule has 4 rings (SSSR count). The Hall–Kier alpha value is -2.80. The predicted molar refractivity (Wildman–Crippen MR) is 105 cm³/mol. The van der Waals surface area contributed by atoms with E-state index < -0.39 is 0 Å². The van der Waals surface area contributed by atoms with Crippen molar-refractivity contribution in [3.8, 4) is 0 Å². The Morgan fingerprint density at radius 1 is 1.14 bits per heavy atom. The van der Waals surface area contributed by atoms with Gasteiger partial charge in [-0.25, -0.2) is 4.98 Å². The normalized spacial score (nSPS) is 20.8. The number of rotatable bonds is 4. The Morgan fingerprint density at radius 2 is 1.89 bits per heavy atom. The van der Waals surface area contributed by atoms with E-state index in [0.717, 1.165) is 18.8 Å². The molecular formula is C21H25N5O2. The van der Waals surface area contributed by atoms with Crippen LogP contribution in [0.3, 0.4) is 0 Å². The second-order valence-corrected chi connectivity index (χ2v) is 8.04. The molecular weight excluding hydrogens is 354 g/mol. The summed E-state index contributed by atoms with van der Waals surface area (Å²) in [5.41, 5.74) is 1.89. The summed E-state index contributed by atoms with van der Waals surface area (Å²) in [6.07, 6.45) is 3.16. The van der Waals surface area contributed by atoms with Crippen LogP contribution in [-0.2, 0) is 0 Å². The molecule has 2 amide bonds. The fraction of sp³-hybridized carbons (Fsp3) is 0.429. The van der Waals surface area contributed by atoms with E-state index in [9.17, 15) is 9.59 Å². The lowest BCUT2D eigenvalue weighted by Gasteiger charge is -2.51. The van der Waals surface area contributed by atoms with Gasteiger partial charge in [-0.1, -0.05) is 18.2 Å². The zero-order valence-corrected chi connectivity index (χ0v) is 16.3. The quantitative estimate of drug-likeness (QED) is 0.864. The highest BCUT2D eigenvalue weighted by Gasteiger charge is 2.54. The van der Waals surface area contributed by atoms with E-state index in [4.69, 9.17) is 0 Å². The maximum atomic E-state index is 12.7. The SMILES string of the molecule is Cc1cnc(C(=O)N2CC3(CN(C)CC3CNC(=O)c3ccccc3)C2)cn1. The molecule has 2 aliphatic heterocycles. The van der Waals surface area contributed by atoms with Gasteiger partial charge in [0.15, 0.2) is 0 Å². The Kier molecular flexibility index (Phi) is 4.85. The van der Waals surface area contributed by atoms with Gasteiger partial charge in [0.2, 0.25) is 0 Å². The van der Waals surface area contributed by atoms with Crippen molar-refractivity contribution >= 4 is 11.8 Å². The summed E-state index contributed by atoms with van der Waals surface area (Å²) in [6.45, 7) is 5.70. The van der Waals surface area contributed by atoms with Gasteiger partial charge in [0, 0.05) is 49.9 Å². The van der Waals surface area contributed by atoms with Gasteiger partial charge < -0.3 is 15.1 Å². The molecule has 0 radical (unpaired) electrons. The molecule has 1 N–H and O–H groups in total. The maximum absolute atomic E-state index is 12.7. The highest BCUT2D eigenvalue weighted by Crippen LogP contribution is 2.43. The molecule has 2 aliphatic rings. The number of likely N-dealkylation sites (tertiary alicyclic amines) is 2. The van der Waals surface area contributed by atoms with E-state index in [1.807, 2.05) is 42.2 Å². The zero-order chi connectivity index (χ0) is 19.7. The van der Waals surface area contributed by atoms with Crippen LogP contribution in [0.1, 0.15) is 26.5 Å². The minimum Gasteiger partial charge on any atom is -0.352 e. The molecule has 0 aliphatic carbocycles. The van der Waals surface area contributed by atoms with Crippen molar-refractivity contribution in [2.24, 2.45) is 11.3 Å². The standard InChI is InChI=1S/C21H25N5O2/c1-15-8-23-18(10-22-15)20(28)26-13-21(14-26)12-25(2)11-17(21)9-24-19(27)16-6-4-3-5-7-16/h3-8,10,17H,9,11-14H2,1-2H3,(H,24,27). The van der Waals surface area contributed by atoms with E-state index in [2.05, 4.69) is 27.2 Å². The molecule has 3 heterocycles. The number of hydrogen-bond donors (Lipinski definition) is 1. The lowest BCUT2D eigenvalue weighted by Crippen LogP contribution is -2.63. The summed E-state index contributed by atoms with van der Waals surface area (Å²) in [6, 6.07) is 9.26. The third-order valence-corrected chi connectivity index (χ3v) is 5.83. The van der Waals surface area contributed by atoms with Crippen molar-refractivity contribution < 1.29 is 9.59 Å². The minimum absolute atomic E-state index is 0.0342. The van der Waals surface area contributed by atoms with E-state index >= 15 is 0 Å². The first-order valence-electron chi connectivity index (χ1n) is 9.57. The van der Waals surface area contributed by atoms with Gasteiger partial charge in [0.25, 0.3) is 11.8 Å². The van der Waals surface area contributed by atoms with Crippen LogP contribution >= 0.6 is 0 Å². The molecule has 0 bridgehead atoms. The molecule has 0 saturated carbocycles. The molecule has 7 nitrogen and oxygen atoms in total. The first-order valence-corrected chi connectivity index (χ1v) is 9.57. The van der Waals surface area contributed by atoms with Gasteiger partial charge in [-0.15, -0.1) is 0 Å². The minimum atomic E-state index is -0.0697. The zero-order valence-electron chi connectivity index (χ0n) is 16.3. The number of nitrogens with one attached hydrogen (secondary N) is 1. The summed E-state index contributed by atoms with van der Waals surface area (Å²) in [5.74, 6) is 0.200. The summed E-state index contributed by atoms with van der Waals surface area (Å²) in [7, 11) is 2.09. The number of carbonyl (C=O) groups excluding carboxylic acids is 2. The fourth-order valence-corrected chi connectivity index (χ4v) is 4.37. The van der Waals surface area contributed by atoms with Gasteiger partial charge in [-0.05, 0) is 32.0 Å². The topological polar surface area (TPSA) is 78.4 Å². The van der Waals surface area contributed by atoms with Crippen molar-refractivity contribution in [3.63, 3.8) is 0 Å². The Morgan fingerprint density at radius 3 is 2.57 bits per heavy atom. The molecule has 2 aromatic rings. The number of carbonyl (C=O) groups is 2. The number of aryl methyl sites for hydroxylation is 1. The summed E-state index contributed by atoms with van der Waals surface area (Å²) in [5, 5.41) is 3.08. The second kappa shape index (κ2) is 7.31. The highest BCUT2D eigenvalue weighted by atomic mass is 16.2. The molecule has 1 aromatic heterocycles. The molecule has 28 heavy (non-hydrogen) atoms. The average molecular weight is 379 g/mol. The molecule has 1 atom stereocenters. The van der Waals surface area contributed by atoms with Crippen LogP contribution in [0.4, 0.5) is 0 Å². The number of aromatic nitrogens is 2. The van der Waals surface area contributed by atoms with Crippen molar-refractivity contribution in [2.45, 2.75) is 6.92 Å². The van der Waals surface area contributed by atoms with Gasteiger partial charge in [0.1, 0.15) is 5.69 Å². The molecule has 7 heteroatoms. The molecule has 1 aromatic carbocycles. The van der Waals surface area contributed by atoms with E-state index in [1.165, 1.54) is 0 Å². The van der Waals surface area contributed by atoms with Crippen LogP contribution in [0.2, 0.25) is 0 Å². The van der Waals surface area contributed by atoms with Gasteiger partial charge in [0.05, 0.1) is 11.9 Å². The Labute approximate surface area is 164 Å². The number of nitrogens with zero attached hydrogens (tertiary/aromatic N) is 4. The van der Waals surface area contributed by atoms with E-state index in [-0.39, 0.29) is 17.2 Å². The molecule has 1 spiro atoms. The van der Waals surface area contributed by atoms with E-state index in [0.29, 0.717) is 36.8 Å². The number of hydrogen-bond acceptors (Lipinski definition) is 5. The van der Waals surface area contributed by atoms with Crippen molar-refractivity contribution in [1.82, 2.24) is 25.1 Å². The molecule has 2 fully saturated rings. The lowest BCUT2D eigenvalue weighted by atomic mass is 9.71. The summed E-state index contributed by atoms with van der Waals surface area (Å²) in [4.78, 5) is 37.5. The number of amides is 2. The fourth-order valence-electron chi connectivity index (χ4n) is 4.37. The van der Waals surface area contributed by atoms with Gasteiger partial charge in [-0.2, -0.15) is 0 Å². The van der Waals surface area contributed by atoms with Crippen LogP contribution in [0.15, 0.2) is 42.7 Å². The van der Waals surface area contributed by atoms with Crippen LogP contribution in [-0.4, -0.2) is 71.4 Å². The monoisotopic (exact) mass is 379 g/mol. The van der Waals surface area contributed by atoms with Crippen LogP contribution < -0.4 is 5.32 Å². The van der Waals surface area contributed by atoms with Gasteiger partial charge in [-0.3, -0.25) is 14.6 Å². The highest BCUT2D eigenvalue weighted by molar-refractivity contribution is 5.94. The third kappa shape index (κ3) is 3.49. The first-order chi connectivity index (χ1) is 13.5. The lowest BCUT2D eigenvalue weighted by molar-refractivity contribution is -0.00998. The summed E-state index contributed by atoms with van der Waals surface area (Å²) < 4.78 is 0. The van der Waals surface area contributed by atoms with Crippen molar-refractivity contribution in [2.75, 3.05) is 39.8 Å². The van der Waals surface area contributed by atoms with Gasteiger partial charge >= 0.3 is 0 Å². The molecule has 2 saturated heterocycles. The third-order valence-electron chi connectivity index (χ3n) is 5.83. The van der Waals surface area contributed by atoms with E-state index in [1.54, 1.807) is 12.4 Å². The largest absolute Gasteiger partial charge is 0.352 e. The van der Waals surface area contributed by atoms with Crippen molar-refractivity contribution in [3.05, 3.63) is 59.7 Å². The molecule has 1 unspecified atom stereocenters.